The SMILES string of the molecule is Cc1ccc(S[C@H](C)C(=O)NCC(=O)NC(C)(C)C)cc1. The average molecular weight is 308 g/mol. The van der Waals surface area contributed by atoms with E-state index in [0.29, 0.717) is 0 Å². The third kappa shape index (κ3) is 7.18. The van der Waals surface area contributed by atoms with E-state index in [-0.39, 0.29) is 29.1 Å². The van der Waals surface area contributed by atoms with Crippen LogP contribution >= 0.6 is 11.8 Å². The quantitative estimate of drug-likeness (QED) is 0.822. The van der Waals surface area contributed by atoms with E-state index in [9.17, 15) is 9.59 Å². The lowest BCUT2D eigenvalue weighted by molar-refractivity contribution is -0.126. The summed E-state index contributed by atoms with van der Waals surface area (Å²) in [7, 11) is 0. The van der Waals surface area contributed by atoms with E-state index in [2.05, 4.69) is 10.6 Å². The van der Waals surface area contributed by atoms with Crippen LogP contribution in [0.15, 0.2) is 29.2 Å². The number of nitrogens with one attached hydrogen (secondary N) is 2. The Morgan fingerprint density at radius 3 is 2.29 bits per heavy atom. The molecule has 0 aliphatic rings. The summed E-state index contributed by atoms with van der Waals surface area (Å²) >= 11 is 1.48. The predicted molar refractivity (Wildman–Crippen MR) is 87.4 cm³/mol. The minimum atomic E-state index is -0.288. The van der Waals surface area contributed by atoms with Gasteiger partial charge in [0.2, 0.25) is 11.8 Å². The van der Waals surface area contributed by atoms with Gasteiger partial charge in [-0.1, -0.05) is 17.7 Å². The molecule has 2 N–H and O–H groups in total. The van der Waals surface area contributed by atoms with E-state index in [1.165, 1.54) is 17.3 Å². The molecule has 0 fully saturated rings. The Kier molecular flexibility index (Phi) is 6.27. The number of carbonyl (C=O) groups excluding carboxylic acids is 2. The van der Waals surface area contributed by atoms with Gasteiger partial charge < -0.3 is 10.6 Å². The van der Waals surface area contributed by atoms with E-state index < -0.39 is 0 Å². The fourth-order valence-electron chi connectivity index (χ4n) is 1.65. The predicted octanol–water partition coefficient (Wildman–Crippen LogP) is 2.51. The van der Waals surface area contributed by atoms with Crippen molar-refractivity contribution in [1.82, 2.24) is 10.6 Å². The van der Waals surface area contributed by atoms with Crippen molar-refractivity contribution in [1.29, 1.82) is 0 Å². The summed E-state index contributed by atoms with van der Waals surface area (Å²) in [6.07, 6.45) is 0. The fourth-order valence-corrected chi connectivity index (χ4v) is 2.54. The molecule has 0 aromatic heterocycles. The van der Waals surface area contributed by atoms with Crippen molar-refractivity contribution in [3.63, 3.8) is 0 Å². The summed E-state index contributed by atoms with van der Waals surface area (Å²) in [5.41, 5.74) is 0.902. The van der Waals surface area contributed by atoms with Gasteiger partial charge in [0.1, 0.15) is 0 Å². The molecule has 1 atom stereocenters. The van der Waals surface area contributed by atoms with Gasteiger partial charge in [0.25, 0.3) is 0 Å². The van der Waals surface area contributed by atoms with Crippen LogP contribution in [-0.4, -0.2) is 29.1 Å². The molecular weight excluding hydrogens is 284 g/mol. The number of thioether (sulfide) groups is 1. The molecule has 0 saturated carbocycles. The highest BCUT2D eigenvalue weighted by molar-refractivity contribution is 8.00. The zero-order valence-electron chi connectivity index (χ0n) is 13.3. The van der Waals surface area contributed by atoms with Gasteiger partial charge in [-0.2, -0.15) is 0 Å². The molecule has 1 aromatic rings. The van der Waals surface area contributed by atoms with Crippen molar-refractivity contribution >= 4 is 23.6 Å². The van der Waals surface area contributed by atoms with Crippen LogP contribution in [0.25, 0.3) is 0 Å². The first-order valence-electron chi connectivity index (χ1n) is 6.99. The highest BCUT2D eigenvalue weighted by Crippen LogP contribution is 2.23. The van der Waals surface area contributed by atoms with Gasteiger partial charge >= 0.3 is 0 Å². The minimum absolute atomic E-state index is 0.00883. The summed E-state index contributed by atoms with van der Waals surface area (Å²) in [5, 5.41) is 5.23. The smallest absolute Gasteiger partial charge is 0.239 e. The molecule has 0 heterocycles. The molecule has 21 heavy (non-hydrogen) atoms. The lowest BCUT2D eigenvalue weighted by atomic mass is 10.1. The lowest BCUT2D eigenvalue weighted by Crippen LogP contribution is -2.46. The van der Waals surface area contributed by atoms with Gasteiger partial charge in [0.05, 0.1) is 11.8 Å². The molecular formula is C16H24N2O2S. The average Bonchev–Trinajstić information content (AvgIpc) is 2.36. The van der Waals surface area contributed by atoms with E-state index >= 15 is 0 Å². The maximum atomic E-state index is 12.0. The lowest BCUT2D eigenvalue weighted by Gasteiger charge is -2.21. The first-order valence-corrected chi connectivity index (χ1v) is 7.87. The molecule has 0 aliphatic carbocycles. The second-order valence-electron chi connectivity index (χ2n) is 6.09. The first-order chi connectivity index (χ1) is 9.67. The van der Waals surface area contributed by atoms with Gasteiger partial charge in [-0.15, -0.1) is 11.8 Å². The number of amides is 2. The van der Waals surface area contributed by atoms with Gasteiger partial charge in [0.15, 0.2) is 0 Å². The summed E-state index contributed by atoms with van der Waals surface area (Å²) < 4.78 is 0. The monoisotopic (exact) mass is 308 g/mol. The summed E-state index contributed by atoms with van der Waals surface area (Å²) in [5.74, 6) is -0.312. The molecule has 5 heteroatoms. The Bertz CT molecular complexity index is 492. The highest BCUT2D eigenvalue weighted by atomic mass is 32.2. The molecule has 0 radical (unpaired) electrons. The molecule has 0 bridgehead atoms. The van der Waals surface area contributed by atoms with Crippen molar-refractivity contribution in [3.05, 3.63) is 29.8 Å². The summed E-state index contributed by atoms with van der Waals surface area (Å²) in [4.78, 5) is 24.7. The Hall–Kier alpha value is -1.49. The second-order valence-corrected chi connectivity index (χ2v) is 7.50. The number of benzene rings is 1. The fraction of sp³-hybridized carbons (Fsp3) is 0.500. The van der Waals surface area contributed by atoms with Crippen LogP contribution in [0.3, 0.4) is 0 Å². The third-order valence-corrected chi connectivity index (χ3v) is 3.75. The van der Waals surface area contributed by atoms with Crippen molar-refractivity contribution in [3.8, 4) is 0 Å². The maximum Gasteiger partial charge on any atom is 0.239 e. The van der Waals surface area contributed by atoms with Crippen molar-refractivity contribution in [2.24, 2.45) is 0 Å². The number of carbonyl (C=O) groups is 2. The van der Waals surface area contributed by atoms with Gasteiger partial charge in [-0.3, -0.25) is 9.59 Å². The number of hydrogen-bond acceptors (Lipinski definition) is 3. The van der Waals surface area contributed by atoms with E-state index in [0.717, 1.165) is 4.90 Å². The van der Waals surface area contributed by atoms with Gasteiger partial charge in [-0.25, -0.2) is 0 Å². The van der Waals surface area contributed by atoms with Crippen LogP contribution in [-0.2, 0) is 9.59 Å². The zero-order chi connectivity index (χ0) is 16.0. The molecule has 0 saturated heterocycles. The highest BCUT2D eigenvalue weighted by Gasteiger charge is 2.17. The van der Waals surface area contributed by atoms with Crippen molar-refractivity contribution in [2.75, 3.05) is 6.54 Å². The van der Waals surface area contributed by atoms with Crippen molar-refractivity contribution in [2.45, 2.75) is 50.3 Å². The minimum Gasteiger partial charge on any atom is -0.350 e. The Labute approximate surface area is 131 Å². The first kappa shape index (κ1) is 17.6. The molecule has 1 aromatic carbocycles. The Morgan fingerprint density at radius 2 is 1.76 bits per heavy atom. The van der Waals surface area contributed by atoms with E-state index in [1.54, 1.807) is 0 Å². The van der Waals surface area contributed by atoms with Crippen LogP contribution in [0.5, 0.6) is 0 Å². The van der Waals surface area contributed by atoms with Crippen LogP contribution < -0.4 is 10.6 Å². The van der Waals surface area contributed by atoms with Gasteiger partial charge in [-0.05, 0) is 46.8 Å². The topological polar surface area (TPSA) is 58.2 Å². The second kappa shape index (κ2) is 7.50. The van der Waals surface area contributed by atoms with Crippen LogP contribution in [0.1, 0.15) is 33.3 Å². The standard InChI is InChI=1S/C16H24N2O2S/c1-11-6-8-13(9-7-11)21-12(2)15(20)17-10-14(19)18-16(3,4)5/h6-9,12H,10H2,1-5H3,(H,17,20)(H,18,19)/t12-/m1/s1. The molecule has 0 unspecified atom stereocenters. The molecule has 1 rings (SSSR count). The summed E-state index contributed by atoms with van der Waals surface area (Å²) in [6.45, 7) is 9.59. The molecule has 2 amide bonds. The van der Waals surface area contributed by atoms with Gasteiger partial charge in [0, 0.05) is 10.4 Å². The van der Waals surface area contributed by atoms with E-state index in [1.807, 2.05) is 58.9 Å². The zero-order valence-corrected chi connectivity index (χ0v) is 14.1. The Morgan fingerprint density at radius 1 is 1.19 bits per heavy atom. The van der Waals surface area contributed by atoms with Crippen molar-refractivity contribution < 1.29 is 9.59 Å². The molecule has 4 nitrogen and oxygen atoms in total. The number of aryl methyl sites for hydroxylation is 1. The molecule has 0 aliphatic heterocycles. The number of rotatable bonds is 5. The third-order valence-electron chi connectivity index (χ3n) is 2.64. The number of hydrogen-bond donors (Lipinski definition) is 2. The normalized spacial score (nSPS) is 12.6. The largest absolute Gasteiger partial charge is 0.350 e. The molecule has 116 valence electrons. The summed E-state index contributed by atoms with van der Waals surface area (Å²) in [6, 6.07) is 8.03. The molecule has 0 spiro atoms. The van der Waals surface area contributed by atoms with E-state index in [4.69, 9.17) is 0 Å². The Balaban J connectivity index is 2.41. The van der Waals surface area contributed by atoms with Crippen LogP contribution in [0.2, 0.25) is 0 Å². The maximum absolute atomic E-state index is 12.0. The van der Waals surface area contributed by atoms with Crippen LogP contribution in [0, 0.1) is 6.92 Å². The van der Waals surface area contributed by atoms with Crippen LogP contribution in [0.4, 0.5) is 0 Å².